The SMILES string of the molecule is CCOCCCC(=O)NC1(CN)CCCC1. The summed E-state index contributed by atoms with van der Waals surface area (Å²) < 4.78 is 5.20. The molecule has 1 aliphatic rings. The molecule has 16 heavy (non-hydrogen) atoms. The van der Waals surface area contributed by atoms with E-state index in [2.05, 4.69) is 5.32 Å². The van der Waals surface area contributed by atoms with Crippen LogP contribution in [0.1, 0.15) is 45.4 Å². The third kappa shape index (κ3) is 4.10. The Labute approximate surface area is 97.9 Å². The molecule has 3 N–H and O–H groups in total. The van der Waals surface area contributed by atoms with E-state index in [0.717, 1.165) is 19.3 Å². The Morgan fingerprint density at radius 2 is 2.12 bits per heavy atom. The summed E-state index contributed by atoms with van der Waals surface area (Å²) in [4.78, 5) is 11.7. The van der Waals surface area contributed by atoms with Crippen molar-refractivity contribution >= 4 is 5.91 Å². The van der Waals surface area contributed by atoms with Gasteiger partial charge in [-0.2, -0.15) is 0 Å². The second kappa shape index (κ2) is 6.86. The van der Waals surface area contributed by atoms with Crippen LogP contribution in [0.2, 0.25) is 0 Å². The van der Waals surface area contributed by atoms with Crippen molar-refractivity contribution in [2.75, 3.05) is 19.8 Å². The molecule has 0 bridgehead atoms. The highest BCUT2D eigenvalue weighted by molar-refractivity contribution is 5.76. The lowest BCUT2D eigenvalue weighted by atomic mass is 9.97. The summed E-state index contributed by atoms with van der Waals surface area (Å²) in [7, 11) is 0. The molecular formula is C12H24N2O2. The summed E-state index contributed by atoms with van der Waals surface area (Å²) in [6.45, 7) is 3.90. The zero-order chi connectivity index (χ0) is 11.9. The van der Waals surface area contributed by atoms with Crippen LogP contribution < -0.4 is 11.1 Å². The molecule has 0 aromatic carbocycles. The Kier molecular flexibility index (Phi) is 5.77. The number of nitrogens with two attached hydrogens (primary N) is 1. The van der Waals surface area contributed by atoms with E-state index in [1.807, 2.05) is 6.92 Å². The van der Waals surface area contributed by atoms with Gasteiger partial charge in [-0.3, -0.25) is 4.79 Å². The fraction of sp³-hybridized carbons (Fsp3) is 0.917. The standard InChI is InChI=1S/C12H24N2O2/c1-2-16-9-5-6-11(15)14-12(10-13)7-3-4-8-12/h2-10,13H2,1H3,(H,14,15). The predicted molar refractivity (Wildman–Crippen MR) is 64.1 cm³/mol. The molecule has 0 atom stereocenters. The molecule has 0 heterocycles. The quantitative estimate of drug-likeness (QED) is 0.643. The van der Waals surface area contributed by atoms with E-state index in [0.29, 0.717) is 26.2 Å². The van der Waals surface area contributed by atoms with Crippen molar-refractivity contribution in [3.63, 3.8) is 0 Å². The number of rotatable bonds is 7. The van der Waals surface area contributed by atoms with Crippen LogP contribution in [0.3, 0.4) is 0 Å². The molecule has 0 aromatic heterocycles. The minimum absolute atomic E-state index is 0.108. The first-order chi connectivity index (χ1) is 7.72. The van der Waals surface area contributed by atoms with Crippen LogP contribution in [0.5, 0.6) is 0 Å². The van der Waals surface area contributed by atoms with E-state index in [-0.39, 0.29) is 11.4 Å². The van der Waals surface area contributed by atoms with Crippen LogP contribution in [-0.2, 0) is 9.53 Å². The Morgan fingerprint density at radius 3 is 2.69 bits per heavy atom. The monoisotopic (exact) mass is 228 g/mol. The number of hydrogen-bond acceptors (Lipinski definition) is 3. The van der Waals surface area contributed by atoms with Gasteiger partial charge in [-0.05, 0) is 26.2 Å². The van der Waals surface area contributed by atoms with Crippen molar-refractivity contribution in [2.45, 2.75) is 51.0 Å². The van der Waals surface area contributed by atoms with Crippen LogP contribution in [0, 0.1) is 0 Å². The van der Waals surface area contributed by atoms with Crippen LogP contribution in [0.4, 0.5) is 0 Å². The average molecular weight is 228 g/mol. The van der Waals surface area contributed by atoms with Gasteiger partial charge in [0.2, 0.25) is 5.91 Å². The van der Waals surface area contributed by atoms with Gasteiger partial charge in [-0.25, -0.2) is 0 Å². The number of hydrogen-bond donors (Lipinski definition) is 2. The zero-order valence-corrected chi connectivity index (χ0v) is 10.3. The maximum Gasteiger partial charge on any atom is 0.220 e. The van der Waals surface area contributed by atoms with E-state index >= 15 is 0 Å². The van der Waals surface area contributed by atoms with Crippen molar-refractivity contribution in [1.82, 2.24) is 5.32 Å². The highest BCUT2D eigenvalue weighted by atomic mass is 16.5. The summed E-state index contributed by atoms with van der Waals surface area (Å²) in [5, 5.41) is 3.10. The number of carbonyl (C=O) groups is 1. The largest absolute Gasteiger partial charge is 0.382 e. The molecule has 1 aliphatic carbocycles. The summed E-state index contributed by atoms with van der Waals surface area (Å²) in [5.41, 5.74) is 5.65. The maximum atomic E-state index is 11.7. The summed E-state index contributed by atoms with van der Waals surface area (Å²) in [6, 6.07) is 0. The molecule has 1 saturated carbocycles. The fourth-order valence-electron chi connectivity index (χ4n) is 2.27. The van der Waals surface area contributed by atoms with Crippen LogP contribution in [0.25, 0.3) is 0 Å². The summed E-state index contributed by atoms with van der Waals surface area (Å²) >= 11 is 0. The Hall–Kier alpha value is -0.610. The highest BCUT2D eigenvalue weighted by Gasteiger charge is 2.33. The lowest BCUT2D eigenvalue weighted by Crippen LogP contribution is -2.51. The number of nitrogens with one attached hydrogen (secondary N) is 1. The van der Waals surface area contributed by atoms with Gasteiger partial charge in [0, 0.05) is 26.2 Å². The van der Waals surface area contributed by atoms with Gasteiger partial charge < -0.3 is 15.8 Å². The minimum Gasteiger partial charge on any atom is -0.382 e. The predicted octanol–water partition coefficient (Wildman–Crippen LogP) is 1.19. The maximum absolute atomic E-state index is 11.7. The Morgan fingerprint density at radius 1 is 1.44 bits per heavy atom. The number of ether oxygens (including phenoxy) is 1. The molecule has 1 rings (SSSR count). The third-order valence-corrected chi connectivity index (χ3v) is 3.25. The van der Waals surface area contributed by atoms with E-state index in [1.54, 1.807) is 0 Å². The van der Waals surface area contributed by atoms with Crippen molar-refractivity contribution in [2.24, 2.45) is 5.73 Å². The van der Waals surface area contributed by atoms with E-state index in [1.165, 1.54) is 12.8 Å². The second-order valence-electron chi connectivity index (χ2n) is 4.54. The molecular weight excluding hydrogens is 204 g/mol. The second-order valence-corrected chi connectivity index (χ2v) is 4.54. The molecule has 4 nitrogen and oxygen atoms in total. The molecule has 0 radical (unpaired) electrons. The van der Waals surface area contributed by atoms with Gasteiger partial charge >= 0.3 is 0 Å². The van der Waals surface area contributed by atoms with Gasteiger partial charge in [0.25, 0.3) is 0 Å². The molecule has 0 aliphatic heterocycles. The van der Waals surface area contributed by atoms with E-state index in [9.17, 15) is 4.79 Å². The lowest BCUT2D eigenvalue weighted by Gasteiger charge is -2.28. The molecule has 1 amide bonds. The van der Waals surface area contributed by atoms with E-state index < -0.39 is 0 Å². The Bertz CT molecular complexity index is 213. The molecule has 94 valence electrons. The van der Waals surface area contributed by atoms with Crippen molar-refractivity contribution in [1.29, 1.82) is 0 Å². The Balaban J connectivity index is 2.21. The lowest BCUT2D eigenvalue weighted by molar-refractivity contribution is -0.123. The van der Waals surface area contributed by atoms with E-state index in [4.69, 9.17) is 10.5 Å². The topological polar surface area (TPSA) is 64.3 Å². The van der Waals surface area contributed by atoms with Crippen molar-refractivity contribution in [3.05, 3.63) is 0 Å². The van der Waals surface area contributed by atoms with Crippen LogP contribution >= 0.6 is 0 Å². The number of amides is 1. The molecule has 4 heteroatoms. The molecule has 0 aromatic rings. The minimum atomic E-state index is -0.108. The van der Waals surface area contributed by atoms with Gasteiger partial charge in [-0.1, -0.05) is 12.8 Å². The zero-order valence-electron chi connectivity index (χ0n) is 10.3. The van der Waals surface area contributed by atoms with Gasteiger partial charge in [0.1, 0.15) is 0 Å². The highest BCUT2D eigenvalue weighted by Crippen LogP contribution is 2.28. The molecule has 1 fully saturated rings. The summed E-state index contributed by atoms with van der Waals surface area (Å²) in [6.07, 6.45) is 5.75. The first-order valence-electron chi connectivity index (χ1n) is 6.31. The third-order valence-electron chi connectivity index (χ3n) is 3.25. The average Bonchev–Trinajstić information content (AvgIpc) is 2.74. The molecule has 0 spiro atoms. The van der Waals surface area contributed by atoms with Crippen molar-refractivity contribution < 1.29 is 9.53 Å². The fourth-order valence-corrected chi connectivity index (χ4v) is 2.27. The molecule has 0 saturated heterocycles. The van der Waals surface area contributed by atoms with Gasteiger partial charge in [-0.15, -0.1) is 0 Å². The number of carbonyl (C=O) groups excluding carboxylic acids is 1. The van der Waals surface area contributed by atoms with Crippen LogP contribution in [0.15, 0.2) is 0 Å². The molecule has 0 unspecified atom stereocenters. The first kappa shape index (κ1) is 13.5. The summed E-state index contributed by atoms with van der Waals surface area (Å²) in [5.74, 6) is 0.118. The van der Waals surface area contributed by atoms with Gasteiger partial charge in [0.05, 0.1) is 5.54 Å². The van der Waals surface area contributed by atoms with Gasteiger partial charge in [0.15, 0.2) is 0 Å². The smallest absolute Gasteiger partial charge is 0.220 e. The van der Waals surface area contributed by atoms with Crippen LogP contribution in [-0.4, -0.2) is 31.2 Å². The van der Waals surface area contributed by atoms with Crippen molar-refractivity contribution in [3.8, 4) is 0 Å². The first-order valence-corrected chi connectivity index (χ1v) is 6.31. The normalized spacial score (nSPS) is 18.6.